The first-order valence-corrected chi connectivity index (χ1v) is 9.24. The number of alkyl halides is 3. The number of carbonyl (C=O) groups is 2. The van der Waals surface area contributed by atoms with Crippen molar-refractivity contribution in [1.82, 2.24) is 4.90 Å². The number of hydrogen-bond donors (Lipinski definition) is 0. The number of thioether (sulfide) groups is 1. The van der Waals surface area contributed by atoms with Gasteiger partial charge in [0.15, 0.2) is 0 Å². The Kier molecular flexibility index (Phi) is 6.00. The molecular weight excluding hydrogens is 415 g/mol. The van der Waals surface area contributed by atoms with Gasteiger partial charge in [0.1, 0.15) is 12.4 Å². The van der Waals surface area contributed by atoms with Crippen molar-refractivity contribution < 1.29 is 27.5 Å². The first kappa shape index (κ1) is 20.3. The first-order chi connectivity index (χ1) is 13.2. The summed E-state index contributed by atoms with van der Waals surface area (Å²) in [7, 11) is 0. The van der Waals surface area contributed by atoms with E-state index in [1.165, 1.54) is 18.2 Å². The monoisotopic (exact) mass is 427 g/mol. The Morgan fingerprint density at radius 3 is 2.50 bits per heavy atom. The Balaban J connectivity index is 1.66. The predicted molar refractivity (Wildman–Crippen MR) is 101 cm³/mol. The van der Waals surface area contributed by atoms with E-state index in [1.807, 2.05) is 0 Å². The molecule has 0 N–H and O–H groups in total. The van der Waals surface area contributed by atoms with Crippen molar-refractivity contribution in [3.63, 3.8) is 0 Å². The smallest absolute Gasteiger partial charge is 0.416 e. The molecule has 0 saturated carbocycles. The molecule has 2 aromatic carbocycles. The molecule has 0 aromatic heterocycles. The summed E-state index contributed by atoms with van der Waals surface area (Å²) in [6, 6.07) is 11.2. The zero-order valence-electron chi connectivity index (χ0n) is 14.2. The number of imide groups is 1. The van der Waals surface area contributed by atoms with Crippen molar-refractivity contribution in [2.45, 2.75) is 6.18 Å². The maximum absolute atomic E-state index is 12.8. The fraction of sp³-hybridized carbons (Fsp3) is 0.158. The lowest BCUT2D eigenvalue weighted by Crippen LogP contribution is -2.32. The summed E-state index contributed by atoms with van der Waals surface area (Å²) in [5.74, 6) is -0.0250. The summed E-state index contributed by atoms with van der Waals surface area (Å²) >= 11 is 6.46. The molecule has 2 aromatic rings. The van der Waals surface area contributed by atoms with Crippen LogP contribution in [0, 0.1) is 0 Å². The van der Waals surface area contributed by atoms with Crippen LogP contribution in [0.25, 0.3) is 6.08 Å². The zero-order chi connectivity index (χ0) is 20.3. The third-order valence-corrected chi connectivity index (χ3v) is 4.94. The second-order valence-corrected chi connectivity index (χ2v) is 7.19. The number of nitrogens with zero attached hydrogens (tertiary/aromatic N) is 1. The standard InChI is InChI=1S/C19H13ClF3NO3S/c20-14-4-6-15(7-5-14)27-9-8-24-17(25)16(28-18(24)26)11-12-2-1-3-13(10-12)19(21,22)23/h1-7,10-11H,8-9H2/b16-11-. The highest BCUT2D eigenvalue weighted by Gasteiger charge is 2.35. The molecule has 0 bridgehead atoms. The van der Waals surface area contributed by atoms with Gasteiger partial charge in [-0.05, 0) is 59.8 Å². The third kappa shape index (κ3) is 4.88. The van der Waals surface area contributed by atoms with Crippen LogP contribution in [0.1, 0.15) is 11.1 Å². The van der Waals surface area contributed by atoms with Gasteiger partial charge in [0, 0.05) is 5.02 Å². The first-order valence-electron chi connectivity index (χ1n) is 8.05. The quantitative estimate of drug-likeness (QED) is 0.593. The van der Waals surface area contributed by atoms with Crippen molar-refractivity contribution in [1.29, 1.82) is 0 Å². The van der Waals surface area contributed by atoms with Gasteiger partial charge in [-0.3, -0.25) is 14.5 Å². The van der Waals surface area contributed by atoms with E-state index < -0.39 is 22.9 Å². The van der Waals surface area contributed by atoms with E-state index in [4.69, 9.17) is 16.3 Å². The van der Waals surface area contributed by atoms with E-state index in [9.17, 15) is 22.8 Å². The lowest BCUT2D eigenvalue weighted by atomic mass is 10.1. The largest absolute Gasteiger partial charge is 0.492 e. The number of hydrogen-bond acceptors (Lipinski definition) is 4. The van der Waals surface area contributed by atoms with E-state index in [-0.39, 0.29) is 23.6 Å². The van der Waals surface area contributed by atoms with Crippen molar-refractivity contribution in [3.05, 3.63) is 69.6 Å². The number of carbonyl (C=O) groups excluding carboxylic acids is 2. The van der Waals surface area contributed by atoms with Gasteiger partial charge in [0.05, 0.1) is 17.0 Å². The Bertz CT molecular complexity index is 929. The minimum absolute atomic E-state index is 0.0211. The van der Waals surface area contributed by atoms with E-state index in [1.54, 1.807) is 24.3 Å². The lowest BCUT2D eigenvalue weighted by Gasteiger charge is -2.13. The fourth-order valence-corrected chi connectivity index (χ4v) is 3.43. The molecule has 1 fully saturated rings. The Morgan fingerprint density at radius 2 is 1.82 bits per heavy atom. The lowest BCUT2D eigenvalue weighted by molar-refractivity contribution is -0.137. The molecule has 3 rings (SSSR count). The summed E-state index contributed by atoms with van der Waals surface area (Å²) in [5.41, 5.74) is -0.630. The van der Waals surface area contributed by atoms with E-state index in [0.29, 0.717) is 22.5 Å². The highest BCUT2D eigenvalue weighted by Crippen LogP contribution is 2.34. The Morgan fingerprint density at radius 1 is 1.11 bits per heavy atom. The van der Waals surface area contributed by atoms with Crippen LogP contribution in [0.2, 0.25) is 5.02 Å². The van der Waals surface area contributed by atoms with Gasteiger partial charge in [-0.25, -0.2) is 0 Å². The minimum Gasteiger partial charge on any atom is -0.492 e. The second kappa shape index (κ2) is 8.28. The third-order valence-electron chi connectivity index (χ3n) is 3.78. The van der Waals surface area contributed by atoms with Gasteiger partial charge in [0.2, 0.25) is 0 Å². The topological polar surface area (TPSA) is 46.6 Å². The molecule has 0 spiro atoms. The SMILES string of the molecule is O=C1S/C(=C\c2cccc(C(F)(F)F)c2)C(=O)N1CCOc1ccc(Cl)cc1. The van der Waals surface area contributed by atoms with Crippen LogP contribution in [0.15, 0.2) is 53.4 Å². The van der Waals surface area contributed by atoms with Gasteiger partial charge < -0.3 is 4.74 Å². The van der Waals surface area contributed by atoms with Gasteiger partial charge in [0.25, 0.3) is 11.1 Å². The van der Waals surface area contributed by atoms with Crippen molar-refractivity contribution in [2.75, 3.05) is 13.2 Å². The van der Waals surface area contributed by atoms with Gasteiger partial charge in [-0.2, -0.15) is 13.2 Å². The number of ether oxygens (including phenoxy) is 1. The van der Waals surface area contributed by atoms with Crippen LogP contribution in [0.5, 0.6) is 5.75 Å². The summed E-state index contributed by atoms with van der Waals surface area (Å²) in [4.78, 5) is 25.5. The van der Waals surface area contributed by atoms with Crippen LogP contribution in [-0.4, -0.2) is 29.2 Å². The van der Waals surface area contributed by atoms with E-state index in [0.717, 1.165) is 17.0 Å². The molecular formula is C19H13ClF3NO3S. The molecule has 28 heavy (non-hydrogen) atoms. The number of benzene rings is 2. The maximum atomic E-state index is 12.8. The summed E-state index contributed by atoms with van der Waals surface area (Å²) < 4.78 is 43.9. The average Bonchev–Trinajstić information content (AvgIpc) is 2.90. The molecule has 0 unspecified atom stereocenters. The number of rotatable bonds is 5. The Hall–Kier alpha value is -2.45. The number of amides is 2. The summed E-state index contributed by atoms with van der Waals surface area (Å²) in [6.07, 6.45) is -3.21. The maximum Gasteiger partial charge on any atom is 0.416 e. The normalized spacial score (nSPS) is 16.1. The van der Waals surface area contributed by atoms with Crippen LogP contribution >= 0.6 is 23.4 Å². The zero-order valence-corrected chi connectivity index (χ0v) is 15.8. The highest BCUT2D eigenvalue weighted by atomic mass is 35.5. The van der Waals surface area contributed by atoms with Crippen molar-refractivity contribution >= 4 is 40.6 Å². The van der Waals surface area contributed by atoms with Crippen molar-refractivity contribution in [2.24, 2.45) is 0 Å². The number of halogens is 4. The summed E-state index contributed by atoms with van der Waals surface area (Å²) in [5, 5.41) is 0.0564. The molecule has 1 aliphatic rings. The van der Waals surface area contributed by atoms with Crippen LogP contribution in [0.4, 0.5) is 18.0 Å². The molecule has 9 heteroatoms. The molecule has 1 saturated heterocycles. The van der Waals surface area contributed by atoms with Crippen LogP contribution < -0.4 is 4.74 Å². The molecule has 146 valence electrons. The molecule has 0 radical (unpaired) electrons. The molecule has 0 atom stereocenters. The van der Waals surface area contributed by atoms with Gasteiger partial charge in [-0.15, -0.1) is 0 Å². The predicted octanol–water partition coefficient (Wildman–Crippen LogP) is 5.47. The summed E-state index contributed by atoms with van der Waals surface area (Å²) in [6.45, 7) is 0.101. The van der Waals surface area contributed by atoms with Crippen molar-refractivity contribution in [3.8, 4) is 5.75 Å². The van der Waals surface area contributed by atoms with E-state index in [2.05, 4.69) is 0 Å². The highest BCUT2D eigenvalue weighted by molar-refractivity contribution is 8.18. The molecule has 1 heterocycles. The van der Waals surface area contributed by atoms with Gasteiger partial charge in [-0.1, -0.05) is 23.7 Å². The molecule has 4 nitrogen and oxygen atoms in total. The second-order valence-electron chi connectivity index (χ2n) is 5.76. The molecule has 1 aliphatic heterocycles. The minimum atomic E-state index is -4.48. The average molecular weight is 428 g/mol. The molecule has 2 amide bonds. The Labute approximate surface area is 167 Å². The fourth-order valence-electron chi connectivity index (χ4n) is 2.43. The van der Waals surface area contributed by atoms with Crippen LogP contribution in [0.3, 0.4) is 0 Å². The van der Waals surface area contributed by atoms with Gasteiger partial charge >= 0.3 is 6.18 Å². The van der Waals surface area contributed by atoms with E-state index >= 15 is 0 Å². The van der Waals surface area contributed by atoms with Crippen LogP contribution in [-0.2, 0) is 11.0 Å². The molecule has 0 aliphatic carbocycles.